The van der Waals surface area contributed by atoms with E-state index in [2.05, 4.69) is 39.3 Å². The Morgan fingerprint density at radius 3 is 2.70 bits per heavy atom. The predicted octanol–water partition coefficient (Wildman–Crippen LogP) is 1.63. The first kappa shape index (κ1) is 17.2. The molecule has 6 nitrogen and oxygen atoms in total. The van der Waals surface area contributed by atoms with Crippen LogP contribution in [0.4, 0.5) is 0 Å². The third-order valence-electron chi connectivity index (χ3n) is 3.59. The second-order valence-corrected chi connectivity index (χ2v) is 5.20. The summed E-state index contributed by atoms with van der Waals surface area (Å²) in [7, 11) is 1.94. The second kappa shape index (κ2) is 8.43. The van der Waals surface area contributed by atoms with Crippen LogP contribution in [0.15, 0.2) is 11.3 Å². The molecule has 1 aromatic rings. The van der Waals surface area contributed by atoms with Gasteiger partial charge in [0.05, 0.1) is 0 Å². The topological polar surface area (TPSA) is 58.3 Å². The molecular weight excluding hydrogens is 367 g/mol. The molecule has 2 rings (SSSR count). The SMILES string of the molecule is CCNC(=NCc1nncn1C)N1CCC(C)CC1.I. The van der Waals surface area contributed by atoms with E-state index in [4.69, 9.17) is 0 Å². The molecule has 20 heavy (non-hydrogen) atoms. The molecule has 0 spiro atoms. The molecule has 0 saturated carbocycles. The fraction of sp³-hybridized carbons (Fsp3) is 0.769. The van der Waals surface area contributed by atoms with Gasteiger partial charge in [-0.05, 0) is 25.7 Å². The highest BCUT2D eigenvalue weighted by Crippen LogP contribution is 2.16. The van der Waals surface area contributed by atoms with Gasteiger partial charge in [-0.3, -0.25) is 0 Å². The zero-order chi connectivity index (χ0) is 13.7. The van der Waals surface area contributed by atoms with Crippen LogP contribution in [-0.2, 0) is 13.6 Å². The monoisotopic (exact) mass is 392 g/mol. The number of aliphatic imine (C=N–C) groups is 1. The van der Waals surface area contributed by atoms with Crippen molar-refractivity contribution in [3.63, 3.8) is 0 Å². The molecule has 0 unspecified atom stereocenters. The fourth-order valence-electron chi connectivity index (χ4n) is 2.24. The van der Waals surface area contributed by atoms with E-state index >= 15 is 0 Å². The summed E-state index contributed by atoms with van der Waals surface area (Å²) in [5, 5.41) is 11.3. The van der Waals surface area contributed by atoms with Crippen molar-refractivity contribution in [1.82, 2.24) is 25.0 Å². The minimum absolute atomic E-state index is 0. The third-order valence-corrected chi connectivity index (χ3v) is 3.59. The highest BCUT2D eigenvalue weighted by Gasteiger charge is 2.18. The maximum Gasteiger partial charge on any atom is 0.194 e. The lowest BCUT2D eigenvalue weighted by Gasteiger charge is -2.32. The molecule has 114 valence electrons. The van der Waals surface area contributed by atoms with Gasteiger partial charge in [0.25, 0.3) is 0 Å². The number of hydrogen-bond donors (Lipinski definition) is 1. The zero-order valence-electron chi connectivity index (χ0n) is 12.5. The summed E-state index contributed by atoms with van der Waals surface area (Å²) in [6.45, 7) is 8.07. The van der Waals surface area contributed by atoms with E-state index in [1.807, 2.05) is 11.6 Å². The Balaban J connectivity index is 0.00000200. The van der Waals surface area contributed by atoms with Crippen LogP contribution in [0.2, 0.25) is 0 Å². The van der Waals surface area contributed by atoms with Gasteiger partial charge in [0, 0.05) is 26.7 Å². The van der Waals surface area contributed by atoms with Crippen molar-refractivity contribution in [1.29, 1.82) is 0 Å². The van der Waals surface area contributed by atoms with Gasteiger partial charge in [0.2, 0.25) is 0 Å². The quantitative estimate of drug-likeness (QED) is 0.483. The number of rotatable bonds is 3. The fourth-order valence-corrected chi connectivity index (χ4v) is 2.24. The summed E-state index contributed by atoms with van der Waals surface area (Å²) in [5.41, 5.74) is 0. The van der Waals surface area contributed by atoms with Crippen LogP contribution in [0.25, 0.3) is 0 Å². The molecule has 0 bridgehead atoms. The average molecular weight is 392 g/mol. The van der Waals surface area contributed by atoms with E-state index in [-0.39, 0.29) is 24.0 Å². The van der Waals surface area contributed by atoms with Gasteiger partial charge in [-0.15, -0.1) is 34.2 Å². The van der Waals surface area contributed by atoms with Crippen molar-refractivity contribution in [3.05, 3.63) is 12.2 Å². The summed E-state index contributed by atoms with van der Waals surface area (Å²) in [5.74, 6) is 2.72. The van der Waals surface area contributed by atoms with E-state index in [9.17, 15) is 0 Å². The second-order valence-electron chi connectivity index (χ2n) is 5.20. The van der Waals surface area contributed by atoms with Crippen LogP contribution < -0.4 is 5.32 Å². The minimum atomic E-state index is 0. The molecule has 1 N–H and O–H groups in total. The Hall–Kier alpha value is -0.860. The van der Waals surface area contributed by atoms with Gasteiger partial charge in [-0.25, -0.2) is 4.99 Å². The number of nitrogens with zero attached hydrogens (tertiary/aromatic N) is 5. The Kier molecular flexibility index (Phi) is 7.25. The van der Waals surface area contributed by atoms with Crippen LogP contribution in [0.1, 0.15) is 32.5 Å². The smallest absolute Gasteiger partial charge is 0.194 e. The third kappa shape index (κ3) is 4.60. The largest absolute Gasteiger partial charge is 0.357 e. The first-order valence-corrected chi connectivity index (χ1v) is 7.06. The van der Waals surface area contributed by atoms with Gasteiger partial charge in [0.1, 0.15) is 12.9 Å². The lowest BCUT2D eigenvalue weighted by Crippen LogP contribution is -2.45. The minimum Gasteiger partial charge on any atom is -0.357 e. The van der Waals surface area contributed by atoms with Crippen molar-refractivity contribution >= 4 is 29.9 Å². The Bertz CT molecular complexity index is 422. The maximum atomic E-state index is 4.67. The molecule has 1 saturated heterocycles. The molecule has 1 aromatic heterocycles. The molecule has 7 heteroatoms. The van der Waals surface area contributed by atoms with Crippen molar-refractivity contribution in [2.45, 2.75) is 33.2 Å². The van der Waals surface area contributed by atoms with Gasteiger partial charge < -0.3 is 14.8 Å². The van der Waals surface area contributed by atoms with Gasteiger partial charge >= 0.3 is 0 Å². The molecule has 0 amide bonds. The Labute approximate surface area is 138 Å². The number of piperidine rings is 1. The number of likely N-dealkylation sites (tertiary alicyclic amines) is 1. The van der Waals surface area contributed by atoms with Gasteiger partial charge in [-0.1, -0.05) is 6.92 Å². The van der Waals surface area contributed by atoms with Crippen LogP contribution in [0.3, 0.4) is 0 Å². The van der Waals surface area contributed by atoms with Crippen LogP contribution in [0, 0.1) is 5.92 Å². The maximum absolute atomic E-state index is 4.67. The molecule has 0 aliphatic carbocycles. The zero-order valence-corrected chi connectivity index (χ0v) is 14.9. The molecule has 1 aliphatic rings. The summed E-state index contributed by atoms with van der Waals surface area (Å²) in [4.78, 5) is 7.02. The molecule has 1 aliphatic heterocycles. The van der Waals surface area contributed by atoms with E-state index < -0.39 is 0 Å². The number of hydrogen-bond acceptors (Lipinski definition) is 3. The van der Waals surface area contributed by atoms with Crippen molar-refractivity contribution < 1.29 is 0 Å². The van der Waals surface area contributed by atoms with Crippen molar-refractivity contribution in [3.8, 4) is 0 Å². The predicted molar refractivity (Wildman–Crippen MR) is 91.2 cm³/mol. The lowest BCUT2D eigenvalue weighted by atomic mass is 10.00. The van der Waals surface area contributed by atoms with E-state index in [1.54, 1.807) is 6.33 Å². The summed E-state index contributed by atoms with van der Waals surface area (Å²) < 4.78 is 1.91. The summed E-state index contributed by atoms with van der Waals surface area (Å²) in [6, 6.07) is 0. The highest BCUT2D eigenvalue weighted by molar-refractivity contribution is 14.0. The first-order valence-electron chi connectivity index (χ1n) is 7.06. The van der Waals surface area contributed by atoms with Gasteiger partial charge in [0.15, 0.2) is 11.8 Å². The number of aryl methyl sites for hydroxylation is 1. The molecule has 1 fully saturated rings. The molecular formula is C13H25IN6. The first-order chi connectivity index (χ1) is 9.20. The molecule has 0 atom stereocenters. The molecule has 0 radical (unpaired) electrons. The normalized spacial score (nSPS) is 16.9. The summed E-state index contributed by atoms with van der Waals surface area (Å²) >= 11 is 0. The van der Waals surface area contributed by atoms with Crippen molar-refractivity contribution in [2.24, 2.45) is 18.0 Å². The molecule has 2 heterocycles. The van der Waals surface area contributed by atoms with Gasteiger partial charge in [-0.2, -0.15) is 0 Å². The Morgan fingerprint density at radius 2 is 2.15 bits per heavy atom. The van der Waals surface area contributed by atoms with Crippen LogP contribution in [-0.4, -0.2) is 45.3 Å². The molecule has 0 aromatic carbocycles. The number of nitrogens with one attached hydrogen (secondary N) is 1. The van der Waals surface area contributed by atoms with E-state index in [0.717, 1.165) is 37.3 Å². The number of guanidine groups is 1. The standard InChI is InChI=1S/C13H24N6.HI/c1-4-14-13(19-7-5-11(2)6-8-19)15-9-12-17-16-10-18(12)3;/h10-11H,4-9H2,1-3H3,(H,14,15);1H. The number of halogens is 1. The van der Waals surface area contributed by atoms with Crippen LogP contribution in [0.5, 0.6) is 0 Å². The lowest BCUT2D eigenvalue weighted by molar-refractivity contribution is 0.273. The van der Waals surface area contributed by atoms with Crippen LogP contribution >= 0.6 is 24.0 Å². The van der Waals surface area contributed by atoms with E-state index in [0.29, 0.717) is 6.54 Å². The summed E-state index contributed by atoms with van der Waals surface area (Å²) in [6.07, 6.45) is 4.20. The number of aromatic nitrogens is 3. The van der Waals surface area contributed by atoms with E-state index in [1.165, 1.54) is 12.8 Å². The van der Waals surface area contributed by atoms with Crippen molar-refractivity contribution in [2.75, 3.05) is 19.6 Å². The average Bonchev–Trinajstić information content (AvgIpc) is 2.81. The highest BCUT2D eigenvalue weighted by atomic mass is 127. The Morgan fingerprint density at radius 1 is 1.45 bits per heavy atom.